The van der Waals surface area contributed by atoms with Gasteiger partial charge in [0.2, 0.25) is 0 Å². The normalized spacial score (nSPS) is 10.9. The van der Waals surface area contributed by atoms with Gasteiger partial charge in [-0.2, -0.15) is 0 Å². The monoisotopic (exact) mass is 367 g/mol. The highest BCUT2D eigenvalue weighted by Gasteiger charge is 2.04. The molecule has 0 aliphatic carbocycles. The SMILES string of the molecule is CN(Cc1cccc(Br)c1)Cc1ccccc1Br. The van der Waals surface area contributed by atoms with E-state index in [1.54, 1.807) is 0 Å². The van der Waals surface area contributed by atoms with Crippen LogP contribution < -0.4 is 0 Å². The molecule has 0 N–H and O–H groups in total. The van der Waals surface area contributed by atoms with Crippen LogP contribution in [-0.4, -0.2) is 11.9 Å². The van der Waals surface area contributed by atoms with Gasteiger partial charge in [-0.3, -0.25) is 4.90 Å². The topological polar surface area (TPSA) is 3.24 Å². The first kappa shape index (κ1) is 13.8. The standard InChI is InChI=1S/C15H15Br2N/c1-18(10-12-5-4-7-14(16)9-12)11-13-6-2-3-8-15(13)17/h2-9H,10-11H2,1H3. The van der Waals surface area contributed by atoms with Crippen molar-refractivity contribution in [1.29, 1.82) is 0 Å². The van der Waals surface area contributed by atoms with Gasteiger partial charge in [-0.25, -0.2) is 0 Å². The molecule has 0 saturated carbocycles. The van der Waals surface area contributed by atoms with E-state index in [4.69, 9.17) is 0 Å². The van der Waals surface area contributed by atoms with E-state index in [0.717, 1.165) is 17.6 Å². The maximum atomic E-state index is 3.59. The summed E-state index contributed by atoms with van der Waals surface area (Å²) in [4.78, 5) is 2.31. The summed E-state index contributed by atoms with van der Waals surface area (Å²) >= 11 is 7.09. The van der Waals surface area contributed by atoms with E-state index in [1.807, 2.05) is 6.07 Å². The molecule has 1 nitrogen and oxygen atoms in total. The molecule has 2 aromatic rings. The molecule has 0 aliphatic rings. The third kappa shape index (κ3) is 3.94. The average Bonchev–Trinajstić information content (AvgIpc) is 2.32. The van der Waals surface area contributed by atoms with E-state index >= 15 is 0 Å². The van der Waals surface area contributed by atoms with E-state index in [0.29, 0.717) is 0 Å². The fraction of sp³-hybridized carbons (Fsp3) is 0.200. The van der Waals surface area contributed by atoms with Crippen molar-refractivity contribution in [2.45, 2.75) is 13.1 Å². The van der Waals surface area contributed by atoms with Crippen molar-refractivity contribution in [2.75, 3.05) is 7.05 Å². The van der Waals surface area contributed by atoms with Gasteiger partial charge in [-0.15, -0.1) is 0 Å². The summed E-state index contributed by atoms with van der Waals surface area (Å²) in [6.07, 6.45) is 0. The van der Waals surface area contributed by atoms with Gasteiger partial charge in [0.05, 0.1) is 0 Å². The van der Waals surface area contributed by atoms with Crippen LogP contribution in [0.5, 0.6) is 0 Å². The Kier molecular flexibility index (Phi) is 4.98. The molecule has 0 atom stereocenters. The summed E-state index contributed by atoms with van der Waals surface area (Å²) in [5, 5.41) is 0. The van der Waals surface area contributed by atoms with Crippen LogP contribution in [-0.2, 0) is 13.1 Å². The first-order valence-electron chi connectivity index (χ1n) is 5.81. The molecule has 2 rings (SSSR count). The first-order valence-corrected chi connectivity index (χ1v) is 7.40. The Morgan fingerprint density at radius 3 is 2.44 bits per heavy atom. The molecule has 0 bridgehead atoms. The second-order valence-electron chi connectivity index (χ2n) is 4.39. The van der Waals surface area contributed by atoms with Crippen molar-refractivity contribution < 1.29 is 0 Å². The summed E-state index contributed by atoms with van der Waals surface area (Å²) < 4.78 is 2.31. The lowest BCUT2D eigenvalue weighted by atomic mass is 10.2. The fourth-order valence-corrected chi connectivity index (χ4v) is 2.78. The lowest BCUT2D eigenvalue weighted by Crippen LogP contribution is -2.17. The minimum atomic E-state index is 0.938. The molecule has 0 amide bonds. The van der Waals surface area contributed by atoms with Crippen LogP contribution in [0.2, 0.25) is 0 Å². The minimum absolute atomic E-state index is 0.938. The molecule has 3 heteroatoms. The van der Waals surface area contributed by atoms with Gasteiger partial charge in [0.25, 0.3) is 0 Å². The summed E-state index contributed by atoms with van der Waals surface area (Å²) in [6.45, 7) is 1.88. The molecule has 0 fully saturated rings. The molecule has 94 valence electrons. The molecule has 0 aromatic heterocycles. The number of nitrogens with zero attached hydrogens (tertiary/aromatic N) is 1. The third-order valence-corrected chi connectivity index (χ3v) is 4.01. The smallest absolute Gasteiger partial charge is 0.0245 e. The first-order chi connectivity index (χ1) is 8.65. The van der Waals surface area contributed by atoms with Gasteiger partial charge < -0.3 is 0 Å². The Hall–Kier alpha value is -0.640. The van der Waals surface area contributed by atoms with Gasteiger partial charge in [0, 0.05) is 22.0 Å². The number of halogens is 2. The van der Waals surface area contributed by atoms with Crippen molar-refractivity contribution in [3.63, 3.8) is 0 Å². The Morgan fingerprint density at radius 1 is 0.944 bits per heavy atom. The van der Waals surface area contributed by atoms with Crippen LogP contribution in [0.15, 0.2) is 57.5 Å². The van der Waals surface area contributed by atoms with Crippen molar-refractivity contribution in [3.05, 3.63) is 68.6 Å². The van der Waals surface area contributed by atoms with Crippen LogP contribution in [0.4, 0.5) is 0 Å². The third-order valence-electron chi connectivity index (χ3n) is 2.74. The average molecular weight is 369 g/mol. The summed E-state index contributed by atoms with van der Waals surface area (Å²) in [5.41, 5.74) is 2.63. The van der Waals surface area contributed by atoms with Gasteiger partial charge in [-0.1, -0.05) is 62.2 Å². The quantitative estimate of drug-likeness (QED) is 0.745. The molecule has 2 aromatic carbocycles. The van der Waals surface area contributed by atoms with E-state index in [1.165, 1.54) is 15.6 Å². The minimum Gasteiger partial charge on any atom is -0.298 e. The van der Waals surface area contributed by atoms with Gasteiger partial charge in [0.15, 0.2) is 0 Å². The largest absolute Gasteiger partial charge is 0.298 e. The predicted molar refractivity (Wildman–Crippen MR) is 83.5 cm³/mol. The zero-order valence-electron chi connectivity index (χ0n) is 10.2. The number of hydrogen-bond acceptors (Lipinski definition) is 1. The molecule has 0 unspecified atom stereocenters. The molecular formula is C15H15Br2N. The highest BCUT2D eigenvalue weighted by atomic mass is 79.9. The van der Waals surface area contributed by atoms with E-state index < -0.39 is 0 Å². The van der Waals surface area contributed by atoms with Gasteiger partial charge >= 0.3 is 0 Å². The lowest BCUT2D eigenvalue weighted by molar-refractivity contribution is 0.318. The Bertz CT molecular complexity index is 525. The van der Waals surface area contributed by atoms with E-state index in [9.17, 15) is 0 Å². The second-order valence-corrected chi connectivity index (χ2v) is 6.16. The lowest BCUT2D eigenvalue weighted by Gasteiger charge is -2.17. The van der Waals surface area contributed by atoms with E-state index in [2.05, 4.69) is 86.3 Å². The Morgan fingerprint density at radius 2 is 1.72 bits per heavy atom. The summed E-state index contributed by atoms with van der Waals surface area (Å²) in [5.74, 6) is 0. The number of benzene rings is 2. The molecule has 0 radical (unpaired) electrons. The van der Waals surface area contributed by atoms with Crippen LogP contribution in [0.1, 0.15) is 11.1 Å². The summed E-state index contributed by atoms with van der Waals surface area (Å²) in [7, 11) is 2.14. The molecule has 0 heterocycles. The molecular weight excluding hydrogens is 354 g/mol. The maximum absolute atomic E-state index is 3.59. The zero-order valence-corrected chi connectivity index (χ0v) is 13.4. The molecule has 0 saturated heterocycles. The highest BCUT2D eigenvalue weighted by molar-refractivity contribution is 9.10. The second kappa shape index (κ2) is 6.50. The van der Waals surface area contributed by atoms with E-state index in [-0.39, 0.29) is 0 Å². The predicted octanol–water partition coefficient (Wildman–Crippen LogP) is 4.84. The fourth-order valence-electron chi connectivity index (χ4n) is 1.92. The van der Waals surface area contributed by atoms with Crippen LogP contribution in [0, 0.1) is 0 Å². The van der Waals surface area contributed by atoms with Crippen molar-refractivity contribution in [3.8, 4) is 0 Å². The summed E-state index contributed by atoms with van der Waals surface area (Å²) in [6, 6.07) is 16.8. The van der Waals surface area contributed by atoms with Crippen molar-refractivity contribution in [1.82, 2.24) is 4.90 Å². The van der Waals surface area contributed by atoms with Crippen LogP contribution in [0.25, 0.3) is 0 Å². The maximum Gasteiger partial charge on any atom is 0.0245 e. The Balaban J connectivity index is 2.01. The molecule has 0 aliphatic heterocycles. The molecule has 0 spiro atoms. The van der Waals surface area contributed by atoms with Gasteiger partial charge in [-0.05, 0) is 36.4 Å². The number of rotatable bonds is 4. The number of hydrogen-bond donors (Lipinski definition) is 0. The van der Waals surface area contributed by atoms with Crippen LogP contribution >= 0.6 is 31.9 Å². The van der Waals surface area contributed by atoms with Gasteiger partial charge in [0.1, 0.15) is 0 Å². The molecule has 18 heavy (non-hydrogen) atoms. The van der Waals surface area contributed by atoms with Crippen molar-refractivity contribution in [2.24, 2.45) is 0 Å². The van der Waals surface area contributed by atoms with Crippen molar-refractivity contribution >= 4 is 31.9 Å². The van der Waals surface area contributed by atoms with Crippen LogP contribution in [0.3, 0.4) is 0 Å². The Labute approximate surface area is 125 Å². The highest BCUT2D eigenvalue weighted by Crippen LogP contribution is 2.19. The zero-order chi connectivity index (χ0) is 13.0.